The summed E-state index contributed by atoms with van der Waals surface area (Å²) in [6, 6.07) is 3.28. The van der Waals surface area contributed by atoms with Crippen molar-refractivity contribution in [3.63, 3.8) is 0 Å². The van der Waals surface area contributed by atoms with Crippen molar-refractivity contribution in [1.29, 1.82) is 0 Å². The number of halogens is 2. The number of esters is 1. The summed E-state index contributed by atoms with van der Waals surface area (Å²) < 4.78 is 32.0. The van der Waals surface area contributed by atoms with Gasteiger partial charge in [0, 0.05) is 17.4 Å². The van der Waals surface area contributed by atoms with Crippen LogP contribution in [-0.4, -0.2) is 29.0 Å². The lowest BCUT2D eigenvalue weighted by Gasteiger charge is -2.14. The van der Waals surface area contributed by atoms with E-state index < -0.39 is 35.3 Å². The Balaban J connectivity index is 1.69. The highest BCUT2D eigenvalue weighted by atomic mass is 33.1. The fraction of sp³-hybridized carbons (Fsp3) is 0.529. The number of para-hydroxylation sites is 1. The second-order valence-corrected chi connectivity index (χ2v) is 8.58. The van der Waals surface area contributed by atoms with Crippen LogP contribution in [0.15, 0.2) is 18.2 Å². The van der Waals surface area contributed by atoms with Crippen molar-refractivity contribution >= 4 is 39.2 Å². The molecule has 0 bridgehead atoms. The molecule has 2 rings (SSSR count). The molecular weight excluding hydrogens is 368 g/mol. The summed E-state index contributed by atoms with van der Waals surface area (Å²) in [5.74, 6) is -1.82. The molecule has 1 fully saturated rings. The van der Waals surface area contributed by atoms with Crippen molar-refractivity contribution in [3.05, 3.63) is 29.8 Å². The van der Waals surface area contributed by atoms with Gasteiger partial charge in [-0.25, -0.2) is 8.78 Å². The van der Waals surface area contributed by atoms with Crippen molar-refractivity contribution < 1.29 is 23.1 Å². The van der Waals surface area contributed by atoms with Gasteiger partial charge in [0.2, 0.25) is 0 Å². The zero-order valence-electron chi connectivity index (χ0n) is 13.9. The van der Waals surface area contributed by atoms with Crippen LogP contribution in [-0.2, 0) is 14.3 Å². The number of nitrogens with one attached hydrogen (secondary N) is 1. The third-order valence-electron chi connectivity index (χ3n) is 3.77. The number of unbranched alkanes of at least 4 members (excludes halogenated alkanes) is 1. The number of hydrogen-bond donors (Lipinski definition) is 1. The predicted octanol–water partition coefficient (Wildman–Crippen LogP) is 4.55. The molecule has 0 aromatic heterocycles. The molecule has 0 spiro atoms. The lowest BCUT2D eigenvalue weighted by atomic mass is 10.1. The SMILES string of the molecule is C[C@@H](OC(=O)CCCC[C@H]1CCSS1)C(=O)Nc1c(F)cccc1F. The fourth-order valence-corrected chi connectivity index (χ4v) is 5.39. The van der Waals surface area contributed by atoms with E-state index in [0.717, 1.165) is 25.0 Å². The van der Waals surface area contributed by atoms with Crippen molar-refractivity contribution in [2.45, 2.75) is 50.4 Å². The maximum Gasteiger partial charge on any atom is 0.306 e. The molecule has 1 aromatic carbocycles. The average Bonchev–Trinajstić information content (AvgIpc) is 3.08. The normalized spacial score (nSPS) is 18.0. The Morgan fingerprint density at radius 3 is 2.68 bits per heavy atom. The highest BCUT2D eigenvalue weighted by molar-refractivity contribution is 8.77. The topological polar surface area (TPSA) is 55.4 Å². The molecular formula is C17H21F2NO3S2. The number of hydrogen-bond acceptors (Lipinski definition) is 5. The zero-order chi connectivity index (χ0) is 18.2. The highest BCUT2D eigenvalue weighted by Gasteiger charge is 2.21. The molecule has 8 heteroatoms. The molecule has 2 atom stereocenters. The predicted molar refractivity (Wildman–Crippen MR) is 97.5 cm³/mol. The lowest BCUT2D eigenvalue weighted by Crippen LogP contribution is -2.30. The largest absolute Gasteiger partial charge is 0.453 e. The molecule has 1 saturated heterocycles. The van der Waals surface area contributed by atoms with Crippen LogP contribution in [0.4, 0.5) is 14.5 Å². The first kappa shape index (κ1) is 20.0. The lowest BCUT2D eigenvalue weighted by molar-refractivity contribution is -0.153. The quantitative estimate of drug-likeness (QED) is 0.402. The summed E-state index contributed by atoms with van der Waals surface area (Å²) in [6.07, 6.45) is 3.05. The van der Waals surface area contributed by atoms with Gasteiger partial charge in [0.1, 0.15) is 17.3 Å². The number of ether oxygens (including phenoxy) is 1. The average molecular weight is 389 g/mol. The second kappa shape index (κ2) is 10.0. The molecule has 0 unspecified atom stereocenters. The Bertz CT molecular complexity index is 589. The van der Waals surface area contributed by atoms with E-state index in [0.29, 0.717) is 11.7 Å². The van der Waals surface area contributed by atoms with Crippen LogP contribution in [0.5, 0.6) is 0 Å². The zero-order valence-corrected chi connectivity index (χ0v) is 15.6. The summed E-state index contributed by atoms with van der Waals surface area (Å²) >= 11 is 0. The Morgan fingerprint density at radius 2 is 2.04 bits per heavy atom. The highest BCUT2D eigenvalue weighted by Crippen LogP contribution is 2.39. The van der Waals surface area contributed by atoms with E-state index in [2.05, 4.69) is 5.32 Å². The first-order valence-electron chi connectivity index (χ1n) is 8.20. The summed E-state index contributed by atoms with van der Waals surface area (Å²) in [6.45, 7) is 1.37. The van der Waals surface area contributed by atoms with E-state index in [-0.39, 0.29) is 6.42 Å². The van der Waals surface area contributed by atoms with E-state index in [1.807, 2.05) is 21.6 Å². The van der Waals surface area contributed by atoms with Gasteiger partial charge in [-0.3, -0.25) is 9.59 Å². The molecule has 1 aromatic rings. The van der Waals surface area contributed by atoms with Gasteiger partial charge in [-0.05, 0) is 38.3 Å². The molecule has 1 heterocycles. The van der Waals surface area contributed by atoms with Gasteiger partial charge < -0.3 is 10.1 Å². The van der Waals surface area contributed by atoms with Gasteiger partial charge >= 0.3 is 5.97 Å². The minimum atomic E-state index is -1.12. The molecule has 1 N–H and O–H groups in total. The van der Waals surface area contributed by atoms with Crippen molar-refractivity contribution in [1.82, 2.24) is 0 Å². The van der Waals surface area contributed by atoms with Crippen LogP contribution in [0, 0.1) is 11.6 Å². The van der Waals surface area contributed by atoms with Crippen molar-refractivity contribution in [2.24, 2.45) is 0 Å². The Morgan fingerprint density at radius 1 is 1.32 bits per heavy atom. The number of benzene rings is 1. The molecule has 0 aliphatic carbocycles. The smallest absolute Gasteiger partial charge is 0.306 e. The van der Waals surface area contributed by atoms with Gasteiger partial charge in [-0.15, -0.1) is 0 Å². The monoisotopic (exact) mass is 389 g/mol. The molecule has 0 saturated carbocycles. The van der Waals surface area contributed by atoms with Crippen molar-refractivity contribution in [3.8, 4) is 0 Å². The summed E-state index contributed by atoms with van der Waals surface area (Å²) in [4.78, 5) is 23.7. The Labute approximate surface area is 153 Å². The van der Waals surface area contributed by atoms with Gasteiger partial charge in [0.05, 0.1) is 0 Å². The first-order valence-corrected chi connectivity index (χ1v) is 10.6. The number of amides is 1. The van der Waals surface area contributed by atoms with E-state index >= 15 is 0 Å². The summed E-state index contributed by atoms with van der Waals surface area (Å²) in [5, 5.41) is 2.78. The van der Waals surface area contributed by atoms with Crippen LogP contribution < -0.4 is 5.32 Å². The molecule has 4 nitrogen and oxygen atoms in total. The molecule has 25 heavy (non-hydrogen) atoms. The minimum absolute atomic E-state index is 0.232. The van der Waals surface area contributed by atoms with Crippen LogP contribution >= 0.6 is 21.6 Å². The van der Waals surface area contributed by atoms with Gasteiger partial charge in [-0.1, -0.05) is 34.1 Å². The van der Waals surface area contributed by atoms with E-state index in [1.54, 1.807) is 0 Å². The van der Waals surface area contributed by atoms with Crippen molar-refractivity contribution in [2.75, 3.05) is 11.1 Å². The van der Waals surface area contributed by atoms with Crippen LogP contribution in [0.1, 0.15) is 39.0 Å². The number of carbonyl (C=O) groups is 2. The standard InChI is InChI=1S/C17H21F2NO3S2/c1-11(17(22)20-16-13(18)6-4-7-14(16)19)23-15(21)8-3-2-5-12-9-10-24-25-12/h4,6-7,11-12H,2-3,5,8-10H2,1H3,(H,20,22)/t11-,12+/m1/s1. The fourth-order valence-electron chi connectivity index (χ4n) is 2.36. The molecule has 0 radical (unpaired) electrons. The third kappa shape index (κ3) is 6.51. The summed E-state index contributed by atoms with van der Waals surface area (Å²) in [7, 11) is 3.79. The number of anilines is 1. The van der Waals surface area contributed by atoms with Gasteiger partial charge in [-0.2, -0.15) is 0 Å². The molecule has 1 amide bonds. The third-order valence-corrected chi connectivity index (χ3v) is 6.78. The first-order chi connectivity index (χ1) is 12.0. The second-order valence-electron chi connectivity index (χ2n) is 5.79. The van der Waals surface area contributed by atoms with E-state index in [1.165, 1.54) is 25.2 Å². The number of rotatable bonds is 8. The maximum atomic E-state index is 13.5. The van der Waals surface area contributed by atoms with Crippen LogP contribution in [0.3, 0.4) is 0 Å². The van der Waals surface area contributed by atoms with E-state index in [9.17, 15) is 18.4 Å². The van der Waals surface area contributed by atoms with E-state index in [4.69, 9.17) is 4.74 Å². The minimum Gasteiger partial charge on any atom is -0.453 e. The van der Waals surface area contributed by atoms with Crippen LogP contribution in [0.25, 0.3) is 0 Å². The molecule has 1 aliphatic rings. The van der Waals surface area contributed by atoms with Crippen LogP contribution in [0.2, 0.25) is 0 Å². The summed E-state index contributed by atoms with van der Waals surface area (Å²) in [5.41, 5.74) is -0.540. The molecule has 1 aliphatic heterocycles. The Kier molecular flexibility index (Phi) is 8.02. The molecule has 138 valence electrons. The number of carbonyl (C=O) groups excluding carboxylic acids is 2. The van der Waals surface area contributed by atoms with Gasteiger partial charge in [0.25, 0.3) is 5.91 Å². The Hall–Kier alpha value is -1.28. The van der Waals surface area contributed by atoms with Gasteiger partial charge in [0.15, 0.2) is 6.10 Å². The maximum absolute atomic E-state index is 13.5.